The van der Waals surface area contributed by atoms with Crippen LogP contribution in [0.25, 0.3) is 0 Å². The lowest BCUT2D eigenvalue weighted by molar-refractivity contribution is 0.316. The highest BCUT2D eigenvalue weighted by Crippen LogP contribution is 2.04. The lowest BCUT2D eigenvalue weighted by atomic mass is 9.80. The van der Waals surface area contributed by atoms with Crippen LogP contribution in [0.1, 0.15) is 13.3 Å². The van der Waals surface area contributed by atoms with Gasteiger partial charge in [0.05, 0.1) is 12.8 Å². The van der Waals surface area contributed by atoms with Crippen molar-refractivity contribution in [2.24, 2.45) is 0 Å². The van der Waals surface area contributed by atoms with Gasteiger partial charge in [0.15, 0.2) is 0 Å². The summed E-state index contributed by atoms with van der Waals surface area (Å²) in [6.07, 6.45) is 3.84. The van der Waals surface area contributed by atoms with Gasteiger partial charge in [-0.05, 0) is 12.5 Å². The van der Waals surface area contributed by atoms with Crippen molar-refractivity contribution in [3.63, 3.8) is 0 Å². The Morgan fingerprint density at radius 3 is 2.92 bits per heavy atom. The SMILES string of the molecule is CCCOc1cnccc1B(O)O. The predicted octanol–water partition coefficient (Wildman–Crippen LogP) is -0.450. The molecule has 0 saturated carbocycles. The second kappa shape index (κ2) is 4.84. The first-order valence-electron chi connectivity index (χ1n) is 4.18. The van der Waals surface area contributed by atoms with Crippen molar-refractivity contribution in [2.45, 2.75) is 13.3 Å². The van der Waals surface area contributed by atoms with Crippen LogP contribution in [0.3, 0.4) is 0 Å². The Morgan fingerprint density at radius 2 is 2.31 bits per heavy atom. The topological polar surface area (TPSA) is 62.6 Å². The Bertz CT molecular complexity index is 267. The molecule has 1 heterocycles. The Morgan fingerprint density at radius 1 is 1.54 bits per heavy atom. The van der Waals surface area contributed by atoms with Crippen LogP contribution in [0.5, 0.6) is 5.75 Å². The second-order valence-corrected chi connectivity index (χ2v) is 2.64. The summed E-state index contributed by atoms with van der Waals surface area (Å²) in [5, 5.41) is 17.9. The van der Waals surface area contributed by atoms with Crippen LogP contribution >= 0.6 is 0 Å². The Labute approximate surface area is 77.3 Å². The van der Waals surface area contributed by atoms with Gasteiger partial charge in [-0.15, -0.1) is 0 Å². The molecular weight excluding hydrogens is 169 g/mol. The largest absolute Gasteiger partial charge is 0.492 e. The molecule has 0 spiro atoms. The summed E-state index contributed by atoms with van der Waals surface area (Å²) < 4.78 is 5.27. The summed E-state index contributed by atoms with van der Waals surface area (Å²) in [5.74, 6) is 0.430. The highest BCUT2D eigenvalue weighted by atomic mass is 16.5. The van der Waals surface area contributed by atoms with E-state index in [0.29, 0.717) is 17.8 Å². The van der Waals surface area contributed by atoms with Gasteiger partial charge in [-0.2, -0.15) is 0 Å². The molecule has 0 unspecified atom stereocenters. The van der Waals surface area contributed by atoms with Crippen LogP contribution in [0, 0.1) is 0 Å². The molecule has 0 aliphatic carbocycles. The maximum atomic E-state index is 8.95. The number of hydrogen-bond donors (Lipinski definition) is 2. The zero-order valence-electron chi connectivity index (χ0n) is 7.47. The predicted molar refractivity (Wildman–Crippen MR) is 49.8 cm³/mol. The first-order valence-corrected chi connectivity index (χ1v) is 4.18. The van der Waals surface area contributed by atoms with E-state index in [1.165, 1.54) is 18.5 Å². The molecule has 70 valence electrons. The third-order valence-electron chi connectivity index (χ3n) is 1.56. The maximum absolute atomic E-state index is 8.95. The zero-order valence-corrected chi connectivity index (χ0v) is 7.47. The number of ether oxygens (including phenoxy) is 1. The van der Waals surface area contributed by atoms with Crippen molar-refractivity contribution >= 4 is 12.6 Å². The molecular formula is C8H12BNO3. The molecule has 1 aromatic heterocycles. The Hall–Kier alpha value is -1.07. The van der Waals surface area contributed by atoms with Crippen molar-refractivity contribution in [3.05, 3.63) is 18.5 Å². The van der Waals surface area contributed by atoms with E-state index in [-0.39, 0.29) is 0 Å². The third kappa shape index (κ3) is 2.71. The zero-order chi connectivity index (χ0) is 9.68. The van der Waals surface area contributed by atoms with Gasteiger partial charge in [0.2, 0.25) is 0 Å². The van der Waals surface area contributed by atoms with E-state index < -0.39 is 7.12 Å². The summed E-state index contributed by atoms with van der Waals surface area (Å²) in [5.41, 5.74) is 0.350. The molecule has 13 heavy (non-hydrogen) atoms. The molecule has 0 saturated heterocycles. The summed E-state index contributed by atoms with van der Waals surface area (Å²) in [6.45, 7) is 2.52. The molecule has 4 nitrogen and oxygen atoms in total. The highest BCUT2D eigenvalue weighted by Gasteiger charge is 2.16. The first kappa shape index (κ1) is 10.0. The molecule has 1 aromatic rings. The third-order valence-corrected chi connectivity index (χ3v) is 1.56. The summed E-state index contributed by atoms with van der Waals surface area (Å²) in [4.78, 5) is 3.83. The fourth-order valence-corrected chi connectivity index (χ4v) is 0.937. The molecule has 2 N–H and O–H groups in total. The fourth-order valence-electron chi connectivity index (χ4n) is 0.937. The number of pyridine rings is 1. The van der Waals surface area contributed by atoms with Crippen LogP contribution in [0.2, 0.25) is 0 Å². The molecule has 0 amide bonds. The van der Waals surface area contributed by atoms with Gasteiger partial charge in [0, 0.05) is 11.7 Å². The first-order chi connectivity index (χ1) is 6.25. The second-order valence-electron chi connectivity index (χ2n) is 2.64. The minimum atomic E-state index is -1.50. The van der Waals surface area contributed by atoms with Gasteiger partial charge in [-0.1, -0.05) is 6.92 Å². The minimum absolute atomic E-state index is 0.350. The van der Waals surface area contributed by atoms with Crippen molar-refractivity contribution in [1.29, 1.82) is 0 Å². The van der Waals surface area contributed by atoms with E-state index in [1.807, 2.05) is 6.92 Å². The van der Waals surface area contributed by atoms with E-state index in [2.05, 4.69) is 4.98 Å². The van der Waals surface area contributed by atoms with Crippen molar-refractivity contribution in [3.8, 4) is 5.75 Å². The molecule has 0 atom stereocenters. The molecule has 0 aromatic carbocycles. The molecule has 0 bridgehead atoms. The standard InChI is InChI=1S/C8H12BNO3/c1-2-5-13-8-6-10-4-3-7(8)9(11)12/h3-4,6,11-12H,2,5H2,1H3. The van der Waals surface area contributed by atoms with Gasteiger partial charge in [0.1, 0.15) is 5.75 Å². The van der Waals surface area contributed by atoms with Crippen molar-refractivity contribution in [2.75, 3.05) is 6.61 Å². The van der Waals surface area contributed by atoms with Gasteiger partial charge < -0.3 is 14.8 Å². The van der Waals surface area contributed by atoms with E-state index >= 15 is 0 Å². The van der Waals surface area contributed by atoms with Crippen LogP contribution in [-0.4, -0.2) is 28.8 Å². The van der Waals surface area contributed by atoms with Crippen LogP contribution in [0.15, 0.2) is 18.5 Å². The van der Waals surface area contributed by atoms with Crippen molar-refractivity contribution in [1.82, 2.24) is 4.98 Å². The van der Waals surface area contributed by atoms with Gasteiger partial charge in [-0.3, -0.25) is 4.98 Å². The van der Waals surface area contributed by atoms with Gasteiger partial charge >= 0.3 is 7.12 Å². The molecule has 0 radical (unpaired) electrons. The van der Waals surface area contributed by atoms with Gasteiger partial charge in [-0.25, -0.2) is 0 Å². The summed E-state index contributed by atoms with van der Waals surface area (Å²) in [7, 11) is -1.50. The van der Waals surface area contributed by atoms with E-state index in [0.717, 1.165) is 6.42 Å². The molecule has 0 aliphatic heterocycles. The van der Waals surface area contributed by atoms with Crippen LogP contribution in [-0.2, 0) is 0 Å². The fraction of sp³-hybridized carbons (Fsp3) is 0.375. The van der Waals surface area contributed by atoms with E-state index in [9.17, 15) is 0 Å². The lowest BCUT2D eigenvalue weighted by Gasteiger charge is -2.08. The maximum Gasteiger partial charge on any atom is 0.492 e. The quantitative estimate of drug-likeness (QED) is 0.617. The molecule has 0 aliphatic rings. The van der Waals surface area contributed by atoms with Crippen LogP contribution < -0.4 is 10.2 Å². The van der Waals surface area contributed by atoms with E-state index in [1.54, 1.807) is 0 Å². The molecule has 1 rings (SSSR count). The normalized spacial score (nSPS) is 9.77. The van der Waals surface area contributed by atoms with Gasteiger partial charge in [0.25, 0.3) is 0 Å². The smallest absolute Gasteiger partial charge is 0.492 e. The summed E-state index contributed by atoms with van der Waals surface area (Å²) in [6, 6.07) is 1.52. The Kier molecular flexibility index (Phi) is 3.73. The highest BCUT2D eigenvalue weighted by molar-refractivity contribution is 6.59. The monoisotopic (exact) mass is 181 g/mol. The summed E-state index contributed by atoms with van der Waals surface area (Å²) >= 11 is 0. The number of hydrogen-bond acceptors (Lipinski definition) is 4. The molecule has 5 heteroatoms. The lowest BCUT2D eigenvalue weighted by Crippen LogP contribution is -2.31. The van der Waals surface area contributed by atoms with E-state index in [4.69, 9.17) is 14.8 Å². The van der Waals surface area contributed by atoms with Crippen molar-refractivity contribution < 1.29 is 14.8 Å². The molecule has 0 fully saturated rings. The Balaban J connectivity index is 2.78. The van der Waals surface area contributed by atoms with Crippen LogP contribution in [0.4, 0.5) is 0 Å². The number of nitrogens with zero attached hydrogens (tertiary/aromatic N) is 1. The number of aromatic nitrogens is 1. The number of rotatable bonds is 4. The average Bonchev–Trinajstić information content (AvgIpc) is 2.15. The minimum Gasteiger partial charge on any atom is -0.492 e. The average molecular weight is 181 g/mol.